The van der Waals surface area contributed by atoms with Gasteiger partial charge in [-0.1, -0.05) is 42.8 Å². The fourth-order valence-electron chi connectivity index (χ4n) is 1.90. The van der Waals surface area contributed by atoms with E-state index in [2.05, 4.69) is 42.0 Å². The van der Waals surface area contributed by atoms with Crippen molar-refractivity contribution in [1.29, 1.82) is 0 Å². The summed E-state index contributed by atoms with van der Waals surface area (Å²) in [7, 11) is 0. The van der Waals surface area contributed by atoms with Crippen molar-refractivity contribution in [2.75, 3.05) is 13.1 Å². The van der Waals surface area contributed by atoms with Gasteiger partial charge in [-0.15, -0.1) is 0 Å². The second-order valence-corrected chi connectivity index (χ2v) is 6.29. The lowest BCUT2D eigenvalue weighted by Crippen LogP contribution is -2.22. The quantitative estimate of drug-likeness (QED) is 0.735. The van der Waals surface area contributed by atoms with Gasteiger partial charge >= 0.3 is 0 Å². The summed E-state index contributed by atoms with van der Waals surface area (Å²) in [4.78, 5) is 0. The molecule has 3 heteroatoms. The predicted molar refractivity (Wildman–Crippen MR) is 79.3 cm³/mol. The van der Waals surface area contributed by atoms with Crippen molar-refractivity contribution in [2.45, 2.75) is 33.6 Å². The number of benzene rings is 1. The van der Waals surface area contributed by atoms with E-state index >= 15 is 0 Å². The van der Waals surface area contributed by atoms with Crippen LogP contribution >= 0.6 is 15.9 Å². The van der Waals surface area contributed by atoms with E-state index < -0.39 is 0 Å². The fraction of sp³-hybridized carbons (Fsp3) is 0.600. The summed E-state index contributed by atoms with van der Waals surface area (Å²) in [6, 6.07) is 4.94. The molecule has 0 saturated carbocycles. The fourth-order valence-corrected chi connectivity index (χ4v) is 2.42. The van der Waals surface area contributed by atoms with E-state index in [1.807, 2.05) is 6.07 Å². The molecule has 0 aromatic heterocycles. The molecule has 102 valence electrons. The number of hydrogen-bond acceptors (Lipinski definition) is 1. The van der Waals surface area contributed by atoms with Gasteiger partial charge in [0.15, 0.2) is 0 Å². The Labute approximate surface area is 118 Å². The third-order valence-electron chi connectivity index (χ3n) is 2.95. The van der Waals surface area contributed by atoms with Crippen molar-refractivity contribution in [2.24, 2.45) is 11.8 Å². The van der Waals surface area contributed by atoms with Gasteiger partial charge in [0.05, 0.1) is 0 Å². The molecule has 1 unspecified atom stereocenters. The molecule has 18 heavy (non-hydrogen) atoms. The van der Waals surface area contributed by atoms with Crippen LogP contribution in [0.15, 0.2) is 22.7 Å². The molecule has 0 aliphatic rings. The first kappa shape index (κ1) is 15.6. The van der Waals surface area contributed by atoms with Crippen LogP contribution < -0.4 is 5.32 Å². The molecular weight excluding hydrogens is 293 g/mol. The van der Waals surface area contributed by atoms with E-state index in [1.165, 1.54) is 11.6 Å². The van der Waals surface area contributed by atoms with Gasteiger partial charge in [0.1, 0.15) is 5.82 Å². The first-order valence-corrected chi connectivity index (χ1v) is 7.43. The number of hydrogen-bond donors (Lipinski definition) is 1. The summed E-state index contributed by atoms with van der Waals surface area (Å²) in [5, 5.41) is 3.45. The van der Waals surface area contributed by atoms with Crippen LogP contribution in [0.1, 0.15) is 32.8 Å². The molecule has 0 amide bonds. The minimum absolute atomic E-state index is 0.183. The summed E-state index contributed by atoms with van der Waals surface area (Å²) in [6.45, 7) is 8.80. The third kappa shape index (κ3) is 5.96. The van der Waals surface area contributed by atoms with Gasteiger partial charge in [-0.25, -0.2) is 4.39 Å². The number of nitrogens with one attached hydrogen (secondary N) is 1. The Morgan fingerprint density at radius 2 is 2.00 bits per heavy atom. The van der Waals surface area contributed by atoms with Gasteiger partial charge in [-0.3, -0.25) is 0 Å². The molecule has 0 fully saturated rings. The van der Waals surface area contributed by atoms with Crippen LogP contribution in [-0.2, 0) is 6.42 Å². The molecule has 0 radical (unpaired) electrons. The van der Waals surface area contributed by atoms with Crippen molar-refractivity contribution in [3.8, 4) is 0 Å². The highest BCUT2D eigenvalue weighted by Gasteiger charge is 2.07. The maximum atomic E-state index is 13.0. The predicted octanol–water partition coefficient (Wildman–Crippen LogP) is 4.40. The molecule has 1 aromatic rings. The zero-order chi connectivity index (χ0) is 13.5. The smallest absolute Gasteiger partial charge is 0.124 e. The lowest BCUT2D eigenvalue weighted by atomic mass is 9.98. The van der Waals surface area contributed by atoms with Gasteiger partial charge in [0.25, 0.3) is 0 Å². The summed E-state index contributed by atoms with van der Waals surface area (Å²) < 4.78 is 13.8. The maximum Gasteiger partial charge on any atom is 0.124 e. The molecule has 0 saturated heterocycles. The third-order valence-corrected chi connectivity index (χ3v) is 3.69. The summed E-state index contributed by atoms with van der Waals surface area (Å²) >= 11 is 3.42. The van der Waals surface area contributed by atoms with Crippen molar-refractivity contribution in [1.82, 2.24) is 5.32 Å². The zero-order valence-electron chi connectivity index (χ0n) is 11.5. The molecule has 0 aliphatic heterocycles. The lowest BCUT2D eigenvalue weighted by molar-refractivity contribution is 0.473. The van der Waals surface area contributed by atoms with E-state index in [9.17, 15) is 4.39 Å². The van der Waals surface area contributed by atoms with E-state index in [0.717, 1.165) is 30.4 Å². The SMILES string of the molecule is CC(C)CNCCC(C)Cc1ccc(F)cc1Br. The Balaban J connectivity index is 2.33. The summed E-state index contributed by atoms with van der Waals surface area (Å²) in [5.74, 6) is 1.12. The molecule has 1 N–H and O–H groups in total. The lowest BCUT2D eigenvalue weighted by Gasteiger charge is -2.14. The first-order valence-electron chi connectivity index (χ1n) is 6.63. The van der Waals surface area contributed by atoms with Gasteiger partial charge in [-0.2, -0.15) is 0 Å². The van der Waals surface area contributed by atoms with Gasteiger partial charge < -0.3 is 5.32 Å². The van der Waals surface area contributed by atoms with E-state index in [-0.39, 0.29) is 5.82 Å². The average Bonchev–Trinajstić information content (AvgIpc) is 2.28. The summed E-state index contributed by atoms with van der Waals surface area (Å²) in [6.07, 6.45) is 2.14. The topological polar surface area (TPSA) is 12.0 Å². The largest absolute Gasteiger partial charge is 0.316 e. The number of halogens is 2. The van der Waals surface area contributed by atoms with Crippen molar-refractivity contribution in [3.63, 3.8) is 0 Å². The number of rotatable bonds is 7. The standard InChI is InChI=1S/C15H23BrFN/c1-11(2)10-18-7-6-12(3)8-13-4-5-14(17)9-15(13)16/h4-5,9,11-12,18H,6-8,10H2,1-3H3. The minimum Gasteiger partial charge on any atom is -0.316 e. The van der Waals surface area contributed by atoms with E-state index in [4.69, 9.17) is 0 Å². The minimum atomic E-state index is -0.183. The van der Waals surface area contributed by atoms with E-state index in [1.54, 1.807) is 6.07 Å². The van der Waals surface area contributed by atoms with Crippen molar-refractivity contribution < 1.29 is 4.39 Å². The van der Waals surface area contributed by atoms with Gasteiger partial charge in [0, 0.05) is 4.47 Å². The van der Waals surface area contributed by atoms with E-state index in [0.29, 0.717) is 11.8 Å². The maximum absolute atomic E-state index is 13.0. The Morgan fingerprint density at radius 3 is 2.61 bits per heavy atom. The van der Waals surface area contributed by atoms with Crippen LogP contribution in [-0.4, -0.2) is 13.1 Å². The molecule has 0 heterocycles. The van der Waals surface area contributed by atoms with Gasteiger partial charge in [0.2, 0.25) is 0 Å². The molecule has 1 atom stereocenters. The van der Waals surface area contributed by atoms with Crippen LogP contribution in [0.4, 0.5) is 4.39 Å². The average molecular weight is 316 g/mol. The zero-order valence-corrected chi connectivity index (χ0v) is 13.1. The normalized spacial score (nSPS) is 13.0. The molecule has 1 rings (SSSR count). The van der Waals surface area contributed by atoms with Crippen LogP contribution in [0.3, 0.4) is 0 Å². The molecule has 0 bridgehead atoms. The van der Waals surface area contributed by atoms with Crippen LogP contribution in [0, 0.1) is 17.7 Å². The highest BCUT2D eigenvalue weighted by Crippen LogP contribution is 2.22. The van der Waals surface area contributed by atoms with Crippen molar-refractivity contribution in [3.05, 3.63) is 34.1 Å². The molecule has 1 nitrogen and oxygen atoms in total. The molecule has 0 aliphatic carbocycles. The molecular formula is C15H23BrFN. The Bertz CT molecular complexity index is 366. The Hall–Kier alpha value is -0.410. The van der Waals surface area contributed by atoms with Crippen LogP contribution in [0.25, 0.3) is 0 Å². The van der Waals surface area contributed by atoms with Gasteiger partial charge in [-0.05, 0) is 55.5 Å². The molecule has 0 spiro atoms. The Morgan fingerprint density at radius 1 is 1.28 bits per heavy atom. The summed E-state index contributed by atoms with van der Waals surface area (Å²) in [5.41, 5.74) is 1.19. The first-order chi connectivity index (χ1) is 8.49. The second-order valence-electron chi connectivity index (χ2n) is 5.43. The van der Waals surface area contributed by atoms with Crippen LogP contribution in [0.5, 0.6) is 0 Å². The Kier molecular flexibility index (Phi) is 6.87. The highest BCUT2D eigenvalue weighted by molar-refractivity contribution is 9.10. The monoisotopic (exact) mass is 315 g/mol. The van der Waals surface area contributed by atoms with Crippen molar-refractivity contribution >= 4 is 15.9 Å². The highest BCUT2D eigenvalue weighted by atomic mass is 79.9. The second kappa shape index (κ2) is 7.90. The van der Waals surface area contributed by atoms with Crippen LogP contribution in [0.2, 0.25) is 0 Å². The molecule has 1 aromatic carbocycles.